The number of rotatable bonds is 3. The molecule has 18 heavy (non-hydrogen) atoms. The zero-order valence-electron chi connectivity index (χ0n) is 9.68. The molecule has 1 aromatic heterocycles. The van der Waals surface area contributed by atoms with Gasteiger partial charge in [-0.2, -0.15) is 0 Å². The Morgan fingerprint density at radius 1 is 1.28 bits per heavy atom. The molecule has 0 unspecified atom stereocenters. The van der Waals surface area contributed by atoms with Crippen LogP contribution in [0.5, 0.6) is 5.75 Å². The zero-order chi connectivity index (χ0) is 13.0. The van der Waals surface area contributed by atoms with Gasteiger partial charge in [-0.3, -0.25) is 4.79 Å². The number of nitrogens with zero attached hydrogens (tertiary/aromatic N) is 1. The van der Waals surface area contributed by atoms with Gasteiger partial charge in [0, 0.05) is 5.56 Å². The summed E-state index contributed by atoms with van der Waals surface area (Å²) in [6.07, 6.45) is 0. The fourth-order valence-corrected chi connectivity index (χ4v) is 1.59. The Kier molecular flexibility index (Phi) is 3.79. The van der Waals surface area contributed by atoms with Crippen LogP contribution in [0.1, 0.15) is 10.4 Å². The Morgan fingerprint density at radius 2 is 2.06 bits per heavy atom. The third-order valence-corrected chi connectivity index (χ3v) is 2.50. The molecule has 2 rings (SSSR count). The van der Waals surface area contributed by atoms with Crippen molar-refractivity contribution < 1.29 is 9.53 Å². The molecule has 0 bridgehead atoms. The first-order valence-corrected chi connectivity index (χ1v) is 5.65. The molecule has 0 aliphatic heterocycles. The minimum atomic E-state index is -0.260. The van der Waals surface area contributed by atoms with Crippen LogP contribution in [0.2, 0.25) is 5.15 Å². The number of carbonyl (C=O) groups excluding carboxylic acids is 1. The minimum absolute atomic E-state index is 0.260. The topological polar surface area (TPSA) is 51.2 Å². The number of hydrogen-bond donors (Lipinski definition) is 1. The van der Waals surface area contributed by atoms with Crippen molar-refractivity contribution in [2.45, 2.75) is 0 Å². The second-order valence-corrected chi connectivity index (χ2v) is 3.92. The fraction of sp³-hybridized carbons (Fsp3) is 0.0769. The predicted octanol–water partition coefficient (Wildman–Crippen LogP) is 3.00. The Labute approximate surface area is 110 Å². The van der Waals surface area contributed by atoms with Crippen LogP contribution in [0.4, 0.5) is 5.82 Å². The molecule has 4 nitrogen and oxygen atoms in total. The molecular formula is C13H11ClN2O2. The van der Waals surface area contributed by atoms with Crippen molar-refractivity contribution in [3.63, 3.8) is 0 Å². The van der Waals surface area contributed by atoms with Crippen molar-refractivity contribution in [2.24, 2.45) is 0 Å². The molecule has 0 aliphatic carbocycles. The predicted molar refractivity (Wildman–Crippen MR) is 70.2 cm³/mol. The molecule has 0 spiro atoms. The van der Waals surface area contributed by atoms with E-state index in [0.29, 0.717) is 22.3 Å². The van der Waals surface area contributed by atoms with E-state index in [1.165, 1.54) is 0 Å². The van der Waals surface area contributed by atoms with Gasteiger partial charge in [-0.25, -0.2) is 4.98 Å². The first-order valence-electron chi connectivity index (χ1n) is 5.27. The number of nitrogens with one attached hydrogen (secondary N) is 1. The van der Waals surface area contributed by atoms with E-state index in [1.54, 1.807) is 49.6 Å². The van der Waals surface area contributed by atoms with Gasteiger partial charge in [-0.05, 0) is 30.3 Å². The lowest BCUT2D eigenvalue weighted by molar-refractivity contribution is 0.102. The summed E-state index contributed by atoms with van der Waals surface area (Å²) in [7, 11) is 1.55. The molecule has 1 aromatic carbocycles. The van der Waals surface area contributed by atoms with E-state index in [1.807, 2.05) is 0 Å². The lowest BCUT2D eigenvalue weighted by Crippen LogP contribution is -2.12. The first-order chi connectivity index (χ1) is 8.69. The van der Waals surface area contributed by atoms with Crippen LogP contribution < -0.4 is 10.1 Å². The Bertz CT molecular complexity index is 572. The van der Waals surface area contributed by atoms with E-state index < -0.39 is 0 Å². The maximum Gasteiger partial charge on any atom is 0.256 e. The summed E-state index contributed by atoms with van der Waals surface area (Å²) in [5.41, 5.74) is 0.496. The van der Waals surface area contributed by atoms with Gasteiger partial charge >= 0.3 is 0 Å². The van der Waals surface area contributed by atoms with Crippen LogP contribution in [0.3, 0.4) is 0 Å². The van der Waals surface area contributed by atoms with Crippen molar-refractivity contribution in [1.29, 1.82) is 0 Å². The summed E-state index contributed by atoms with van der Waals surface area (Å²) < 4.78 is 5.06. The van der Waals surface area contributed by atoms with E-state index in [9.17, 15) is 4.79 Å². The number of hydrogen-bond acceptors (Lipinski definition) is 3. The average molecular weight is 263 g/mol. The van der Waals surface area contributed by atoms with Gasteiger partial charge in [0.15, 0.2) is 0 Å². The highest BCUT2D eigenvalue weighted by Gasteiger charge is 2.07. The summed E-state index contributed by atoms with van der Waals surface area (Å²) in [4.78, 5) is 15.9. The van der Waals surface area contributed by atoms with Crippen molar-refractivity contribution >= 4 is 23.3 Å². The monoisotopic (exact) mass is 262 g/mol. The van der Waals surface area contributed by atoms with Crippen LogP contribution in [-0.4, -0.2) is 18.0 Å². The maximum absolute atomic E-state index is 11.9. The van der Waals surface area contributed by atoms with E-state index in [-0.39, 0.29) is 5.91 Å². The Hall–Kier alpha value is -2.07. The molecular weight excluding hydrogens is 252 g/mol. The summed E-state index contributed by atoms with van der Waals surface area (Å²) >= 11 is 5.74. The summed E-state index contributed by atoms with van der Waals surface area (Å²) in [6, 6.07) is 11.9. The number of halogens is 1. The van der Waals surface area contributed by atoms with Gasteiger partial charge in [-0.15, -0.1) is 0 Å². The van der Waals surface area contributed by atoms with E-state index >= 15 is 0 Å². The van der Waals surface area contributed by atoms with Crippen molar-refractivity contribution in [1.82, 2.24) is 4.98 Å². The summed E-state index contributed by atoms with van der Waals surface area (Å²) in [6.45, 7) is 0. The molecule has 1 N–H and O–H groups in total. The average Bonchev–Trinajstić information content (AvgIpc) is 2.39. The highest BCUT2D eigenvalue weighted by Crippen LogP contribution is 2.15. The highest BCUT2D eigenvalue weighted by atomic mass is 35.5. The van der Waals surface area contributed by atoms with Gasteiger partial charge in [-0.1, -0.05) is 23.7 Å². The molecule has 1 amide bonds. The molecule has 0 atom stereocenters. The molecule has 2 aromatic rings. The van der Waals surface area contributed by atoms with E-state index in [0.717, 1.165) is 0 Å². The van der Waals surface area contributed by atoms with Crippen LogP contribution in [0.25, 0.3) is 0 Å². The molecule has 0 saturated heterocycles. The summed E-state index contributed by atoms with van der Waals surface area (Å²) in [5, 5.41) is 2.99. The molecule has 92 valence electrons. The largest absolute Gasteiger partial charge is 0.497 e. The quantitative estimate of drug-likeness (QED) is 0.865. The molecule has 1 heterocycles. The molecule has 0 fully saturated rings. The number of benzene rings is 1. The third kappa shape index (κ3) is 2.99. The number of ether oxygens (including phenoxy) is 1. The summed E-state index contributed by atoms with van der Waals surface area (Å²) in [5.74, 6) is 0.778. The molecule has 5 heteroatoms. The number of carbonyl (C=O) groups is 1. The third-order valence-electron chi connectivity index (χ3n) is 2.29. The van der Waals surface area contributed by atoms with Crippen molar-refractivity contribution in [3.8, 4) is 5.75 Å². The van der Waals surface area contributed by atoms with Gasteiger partial charge in [0.05, 0.1) is 7.11 Å². The molecule has 0 radical (unpaired) electrons. The SMILES string of the molecule is COc1cccc(C(=O)Nc2cccc(Cl)n2)c1. The first kappa shape index (κ1) is 12.4. The standard InChI is InChI=1S/C13H11ClN2O2/c1-18-10-5-2-4-9(8-10)13(17)16-12-7-3-6-11(14)15-12/h2-8H,1H3,(H,15,16,17). The van der Waals surface area contributed by atoms with Crippen molar-refractivity contribution in [2.75, 3.05) is 12.4 Å². The number of aromatic nitrogens is 1. The van der Waals surface area contributed by atoms with Crippen molar-refractivity contribution in [3.05, 3.63) is 53.2 Å². The normalized spacial score (nSPS) is 9.89. The van der Waals surface area contributed by atoms with E-state index in [2.05, 4.69) is 10.3 Å². The van der Waals surface area contributed by atoms with Gasteiger partial charge in [0.25, 0.3) is 5.91 Å². The minimum Gasteiger partial charge on any atom is -0.497 e. The second kappa shape index (κ2) is 5.51. The van der Waals surface area contributed by atoms with Crippen LogP contribution in [-0.2, 0) is 0 Å². The van der Waals surface area contributed by atoms with Crippen LogP contribution >= 0.6 is 11.6 Å². The number of amides is 1. The Morgan fingerprint density at radius 3 is 2.78 bits per heavy atom. The lowest BCUT2D eigenvalue weighted by atomic mass is 10.2. The molecule has 0 saturated carbocycles. The van der Waals surface area contributed by atoms with Gasteiger partial charge in [0.2, 0.25) is 0 Å². The number of methoxy groups -OCH3 is 1. The second-order valence-electron chi connectivity index (χ2n) is 3.53. The number of pyridine rings is 1. The highest BCUT2D eigenvalue weighted by molar-refractivity contribution is 6.29. The molecule has 0 aliphatic rings. The van der Waals surface area contributed by atoms with Crippen LogP contribution in [0.15, 0.2) is 42.5 Å². The number of anilines is 1. The smallest absolute Gasteiger partial charge is 0.256 e. The Balaban J connectivity index is 2.16. The van der Waals surface area contributed by atoms with Gasteiger partial charge in [0.1, 0.15) is 16.7 Å². The fourth-order valence-electron chi connectivity index (χ4n) is 1.43. The maximum atomic E-state index is 11.9. The zero-order valence-corrected chi connectivity index (χ0v) is 10.4. The van der Waals surface area contributed by atoms with E-state index in [4.69, 9.17) is 16.3 Å². The van der Waals surface area contributed by atoms with Crippen LogP contribution in [0, 0.1) is 0 Å². The lowest BCUT2D eigenvalue weighted by Gasteiger charge is -2.06. The van der Waals surface area contributed by atoms with Gasteiger partial charge < -0.3 is 10.1 Å².